The number of hydrogen-bond acceptors (Lipinski definition) is 4. The van der Waals surface area contributed by atoms with Gasteiger partial charge >= 0.3 is 0 Å². The number of amides is 2. The van der Waals surface area contributed by atoms with Gasteiger partial charge in [-0.25, -0.2) is 0 Å². The van der Waals surface area contributed by atoms with E-state index in [0.29, 0.717) is 39.6 Å². The highest BCUT2D eigenvalue weighted by atomic mass is 79.9. The minimum absolute atomic E-state index is 0.328. The molecule has 0 atom stereocenters. The van der Waals surface area contributed by atoms with Gasteiger partial charge in [0.25, 0.3) is 11.8 Å². The maximum Gasteiger partial charge on any atom is 0.273 e. The number of hydrazine groups is 1. The van der Waals surface area contributed by atoms with Crippen LogP contribution in [0.5, 0.6) is 11.5 Å². The van der Waals surface area contributed by atoms with E-state index in [0.717, 1.165) is 0 Å². The number of methoxy groups -OCH3 is 1. The molecule has 2 N–H and O–H groups in total. The summed E-state index contributed by atoms with van der Waals surface area (Å²) < 4.78 is 11.5. The normalized spacial score (nSPS) is 10.3. The molecule has 7 heteroatoms. The van der Waals surface area contributed by atoms with Gasteiger partial charge in [-0.1, -0.05) is 26.0 Å². The van der Waals surface area contributed by atoms with E-state index in [4.69, 9.17) is 9.47 Å². The molecule has 2 aromatic rings. The molecule has 2 amide bonds. The zero-order valence-electron chi connectivity index (χ0n) is 14.8. The van der Waals surface area contributed by atoms with E-state index in [2.05, 4.69) is 40.6 Å². The maximum atomic E-state index is 12.2. The first-order chi connectivity index (χ1) is 12.4. The van der Waals surface area contributed by atoms with Crippen molar-refractivity contribution in [3.8, 4) is 11.5 Å². The zero-order valence-corrected chi connectivity index (χ0v) is 16.4. The third-order valence-electron chi connectivity index (χ3n) is 3.41. The zero-order chi connectivity index (χ0) is 19.1. The Morgan fingerprint density at radius 2 is 1.73 bits per heavy atom. The van der Waals surface area contributed by atoms with Crippen molar-refractivity contribution in [1.82, 2.24) is 10.9 Å². The number of carbonyl (C=O) groups excluding carboxylic acids is 2. The second-order valence-corrected chi connectivity index (χ2v) is 6.81. The molecule has 138 valence electrons. The van der Waals surface area contributed by atoms with Gasteiger partial charge in [-0.3, -0.25) is 20.4 Å². The molecule has 2 aromatic carbocycles. The molecule has 0 radical (unpaired) electrons. The highest BCUT2D eigenvalue weighted by Crippen LogP contribution is 2.26. The Morgan fingerprint density at radius 1 is 1.04 bits per heavy atom. The Hall–Kier alpha value is -2.54. The molecule has 0 aromatic heterocycles. The topological polar surface area (TPSA) is 76.7 Å². The molecule has 0 aliphatic carbocycles. The minimum Gasteiger partial charge on any atom is -0.496 e. The summed E-state index contributed by atoms with van der Waals surface area (Å²) in [4.78, 5) is 24.4. The number of ether oxygens (including phenoxy) is 2. The number of nitrogens with one attached hydrogen (secondary N) is 2. The Bertz CT molecular complexity index is 793. The van der Waals surface area contributed by atoms with Gasteiger partial charge in [-0.05, 0) is 52.2 Å². The molecule has 0 aliphatic rings. The fraction of sp³-hybridized carbons (Fsp3) is 0.263. The number of halogens is 1. The van der Waals surface area contributed by atoms with Crippen LogP contribution in [0.15, 0.2) is 46.9 Å². The van der Waals surface area contributed by atoms with Crippen LogP contribution in [0.3, 0.4) is 0 Å². The predicted octanol–water partition coefficient (Wildman–Crippen LogP) is 3.57. The first-order valence-corrected chi connectivity index (χ1v) is 8.87. The largest absolute Gasteiger partial charge is 0.496 e. The Kier molecular flexibility index (Phi) is 7.03. The molecule has 0 fully saturated rings. The van der Waals surface area contributed by atoms with Gasteiger partial charge in [0.15, 0.2) is 0 Å². The summed E-state index contributed by atoms with van der Waals surface area (Å²) in [7, 11) is 1.48. The Balaban J connectivity index is 1.99. The third kappa shape index (κ3) is 5.23. The number of benzene rings is 2. The third-order valence-corrected chi connectivity index (χ3v) is 4.03. The lowest BCUT2D eigenvalue weighted by atomic mass is 10.2. The summed E-state index contributed by atoms with van der Waals surface area (Å²) in [6.07, 6.45) is 0. The van der Waals surface area contributed by atoms with Crippen molar-refractivity contribution < 1.29 is 19.1 Å². The average Bonchev–Trinajstić information content (AvgIpc) is 2.64. The Morgan fingerprint density at radius 3 is 2.38 bits per heavy atom. The number of rotatable bonds is 6. The fourth-order valence-electron chi connectivity index (χ4n) is 2.10. The number of carbonyl (C=O) groups is 2. The molecule has 0 bridgehead atoms. The van der Waals surface area contributed by atoms with Gasteiger partial charge in [-0.15, -0.1) is 0 Å². The van der Waals surface area contributed by atoms with Crippen molar-refractivity contribution >= 4 is 27.7 Å². The van der Waals surface area contributed by atoms with E-state index in [1.54, 1.807) is 42.5 Å². The lowest BCUT2D eigenvalue weighted by Gasteiger charge is -2.12. The van der Waals surface area contributed by atoms with Gasteiger partial charge in [0.05, 0.1) is 23.8 Å². The quantitative estimate of drug-likeness (QED) is 0.700. The fourth-order valence-corrected chi connectivity index (χ4v) is 2.59. The van der Waals surface area contributed by atoms with E-state index >= 15 is 0 Å². The highest BCUT2D eigenvalue weighted by molar-refractivity contribution is 9.10. The summed E-state index contributed by atoms with van der Waals surface area (Å²) in [6, 6.07) is 11.7. The molecule has 0 aliphatic heterocycles. The van der Waals surface area contributed by atoms with E-state index in [9.17, 15) is 9.59 Å². The van der Waals surface area contributed by atoms with Crippen molar-refractivity contribution in [3.63, 3.8) is 0 Å². The van der Waals surface area contributed by atoms with Crippen LogP contribution in [0.25, 0.3) is 0 Å². The lowest BCUT2D eigenvalue weighted by Crippen LogP contribution is -2.41. The van der Waals surface area contributed by atoms with E-state index in [-0.39, 0.29) is 0 Å². The molecule has 0 saturated carbocycles. The number of hydrogen-bond donors (Lipinski definition) is 2. The van der Waals surface area contributed by atoms with Crippen LogP contribution in [0, 0.1) is 5.92 Å². The summed E-state index contributed by atoms with van der Waals surface area (Å²) >= 11 is 3.39. The molecule has 0 heterocycles. The smallest absolute Gasteiger partial charge is 0.273 e. The second-order valence-electron chi connectivity index (χ2n) is 5.96. The maximum absolute atomic E-state index is 12.2. The van der Waals surface area contributed by atoms with E-state index < -0.39 is 11.8 Å². The van der Waals surface area contributed by atoms with Crippen molar-refractivity contribution in [3.05, 3.63) is 58.1 Å². The summed E-state index contributed by atoms with van der Waals surface area (Å²) in [5, 5.41) is 0. The van der Waals surface area contributed by atoms with Crippen LogP contribution in [0.1, 0.15) is 34.6 Å². The molecular weight excluding hydrogens is 400 g/mol. The molecule has 0 saturated heterocycles. The molecule has 6 nitrogen and oxygen atoms in total. The van der Waals surface area contributed by atoms with Crippen LogP contribution in [0.4, 0.5) is 0 Å². The molecule has 2 rings (SSSR count). The highest BCUT2D eigenvalue weighted by Gasteiger charge is 2.14. The van der Waals surface area contributed by atoms with Gasteiger partial charge < -0.3 is 9.47 Å². The summed E-state index contributed by atoms with van der Waals surface area (Å²) in [5.41, 5.74) is 5.48. The second kappa shape index (κ2) is 9.24. The Labute approximate surface area is 161 Å². The van der Waals surface area contributed by atoms with Crippen LogP contribution in [-0.4, -0.2) is 25.5 Å². The van der Waals surface area contributed by atoms with Gasteiger partial charge in [0, 0.05) is 5.56 Å². The first kappa shape index (κ1) is 19.8. The van der Waals surface area contributed by atoms with Gasteiger partial charge in [0.2, 0.25) is 0 Å². The van der Waals surface area contributed by atoms with E-state index in [1.807, 2.05) is 0 Å². The molecule has 0 unspecified atom stereocenters. The monoisotopic (exact) mass is 420 g/mol. The SMILES string of the molecule is COc1ccccc1C(=O)NNC(=O)c1ccc(OCC(C)C)c(Br)c1. The molecular formula is C19H21BrN2O4. The van der Waals surface area contributed by atoms with Crippen molar-refractivity contribution in [2.45, 2.75) is 13.8 Å². The van der Waals surface area contributed by atoms with Crippen molar-refractivity contribution in [1.29, 1.82) is 0 Å². The van der Waals surface area contributed by atoms with Gasteiger partial charge in [0.1, 0.15) is 11.5 Å². The van der Waals surface area contributed by atoms with Crippen LogP contribution >= 0.6 is 15.9 Å². The van der Waals surface area contributed by atoms with Crippen LogP contribution in [-0.2, 0) is 0 Å². The standard InChI is InChI=1S/C19H21BrN2O4/c1-12(2)11-26-17-9-8-13(10-15(17)20)18(23)21-22-19(24)14-6-4-5-7-16(14)25-3/h4-10,12H,11H2,1-3H3,(H,21,23)(H,22,24). The summed E-state index contributed by atoms with van der Waals surface area (Å²) in [5.74, 6) is 0.577. The molecule has 0 spiro atoms. The minimum atomic E-state index is -0.466. The van der Waals surface area contributed by atoms with Crippen LogP contribution < -0.4 is 20.3 Å². The summed E-state index contributed by atoms with van der Waals surface area (Å²) in [6.45, 7) is 4.69. The van der Waals surface area contributed by atoms with Gasteiger partial charge in [-0.2, -0.15) is 0 Å². The predicted molar refractivity (Wildman–Crippen MR) is 102 cm³/mol. The van der Waals surface area contributed by atoms with Crippen LogP contribution in [0.2, 0.25) is 0 Å². The molecule has 26 heavy (non-hydrogen) atoms. The first-order valence-electron chi connectivity index (χ1n) is 8.08. The average molecular weight is 421 g/mol. The lowest BCUT2D eigenvalue weighted by molar-refractivity contribution is 0.0845. The van der Waals surface area contributed by atoms with E-state index in [1.165, 1.54) is 7.11 Å². The van der Waals surface area contributed by atoms with Crippen molar-refractivity contribution in [2.24, 2.45) is 5.92 Å². The number of para-hydroxylation sites is 1. The van der Waals surface area contributed by atoms with Crippen molar-refractivity contribution in [2.75, 3.05) is 13.7 Å².